The van der Waals surface area contributed by atoms with Gasteiger partial charge in [0.25, 0.3) is 5.91 Å². The van der Waals surface area contributed by atoms with Crippen molar-refractivity contribution in [3.8, 4) is 0 Å². The number of rotatable bonds is 4. The van der Waals surface area contributed by atoms with Gasteiger partial charge in [-0.25, -0.2) is 4.79 Å². The number of aliphatic carboxylic acids is 1. The molecule has 0 radical (unpaired) electrons. The normalized spacial score (nSPS) is 12.3. The summed E-state index contributed by atoms with van der Waals surface area (Å²) in [4.78, 5) is 23.3. The van der Waals surface area contributed by atoms with Gasteiger partial charge in [-0.1, -0.05) is 36.2 Å². The zero-order valence-corrected chi connectivity index (χ0v) is 12.8. The highest BCUT2D eigenvalue weighted by atomic mass is 35.5. The lowest BCUT2D eigenvalue weighted by Gasteiger charge is -2.11. The molecule has 0 aliphatic rings. The quantitative estimate of drug-likeness (QED) is 0.895. The van der Waals surface area contributed by atoms with Crippen LogP contribution in [0, 0.1) is 0 Å². The molecular weight excluding hydrogens is 321 g/mol. The summed E-state index contributed by atoms with van der Waals surface area (Å²) in [6, 6.07) is 4.23. The van der Waals surface area contributed by atoms with Gasteiger partial charge in [-0.15, -0.1) is 11.3 Å². The summed E-state index contributed by atoms with van der Waals surface area (Å²) in [5.74, 6) is -1.55. The molecule has 0 saturated heterocycles. The molecule has 20 heavy (non-hydrogen) atoms. The summed E-state index contributed by atoms with van der Waals surface area (Å²) in [6.07, 6.45) is 0.301. The van der Waals surface area contributed by atoms with Crippen molar-refractivity contribution in [2.24, 2.45) is 0 Å². The molecule has 1 heterocycles. The van der Waals surface area contributed by atoms with Crippen molar-refractivity contribution in [2.75, 3.05) is 0 Å². The van der Waals surface area contributed by atoms with Crippen LogP contribution < -0.4 is 5.32 Å². The van der Waals surface area contributed by atoms with Crippen molar-refractivity contribution in [1.82, 2.24) is 5.32 Å². The fourth-order valence-corrected chi connectivity index (χ4v) is 3.44. The molecule has 1 aromatic carbocycles. The van der Waals surface area contributed by atoms with E-state index >= 15 is 0 Å². The number of thiophene rings is 1. The van der Waals surface area contributed by atoms with Crippen LogP contribution >= 0.6 is 34.5 Å². The van der Waals surface area contributed by atoms with Gasteiger partial charge >= 0.3 is 5.97 Å². The van der Waals surface area contributed by atoms with Crippen molar-refractivity contribution >= 4 is 56.5 Å². The third kappa shape index (κ3) is 2.90. The number of halogens is 2. The first-order valence-electron chi connectivity index (χ1n) is 5.85. The largest absolute Gasteiger partial charge is 0.480 e. The number of carboxylic acids is 1. The molecule has 0 bridgehead atoms. The van der Waals surface area contributed by atoms with Crippen LogP contribution in [0.2, 0.25) is 10.0 Å². The summed E-state index contributed by atoms with van der Waals surface area (Å²) >= 11 is 13.3. The second-order valence-electron chi connectivity index (χ2n) is 4.16. The minimum absolute atomic E-state index is 0.295. The van der Waals surface area contributed by atoms with Gasteiger partial charge in [-0.2, -0.15) is 0 Å². The molecule has 0 unspecified atom stereocenters. The van der Waals surface area contributed by atoms with E-state index in [1.807, 2.05) is 0 Å². The molecular formula is C13H11Cl2NO3S. The Morgan fingerprint density at radius 3 is 2.70 bits per heavy atom. The standard InChI is InChI=1S/C13H11Cl2NO3S/c1-2-8(13(18)19)16-12(17)11-10(15)7-4-3-6(14)5-9(7)20-11/h3-5,8H,2H2,1H3,(H,16,17)(H,18,19)/t8-/m1/s1. The topological polar surface area (TPSA) is 66.4 Å². The monoisotopic (exact) mass is 331 g/mol. The Kier molecular flexibility index (Phi) is 4.52. The van der Waals surface area contributed by atoms with Gasteiger partial charge in [-0.05, 0) is 18.6 Å². The third-order valence-corrected chi connectivity index (χ3v) is 4.70. The number of nitrogens with one attached hydrogen (secondary N) is 1. The number of benzene rings is 1. The molecule has 7 heteroatoms. The minimum atomic E-state index is -1.07. The van der Waals surface area contributed by atoms with Crippen molar-refractivity contribution in [3.05, 3.63) is 33.1 Å². The van der Waals surface area contributed by atoms with Gasteiger partial charge in [0.2, 0.25) is 0 Å². The molecule has 1 atom stereocenters. The van der Waals surface area contributed by atoms with Crippen molar-refractivity contribution in [2.45, 2.75) is 19.4 Å². The molecule has 1 aromatic heterocycles. The first kappa shape index (κ1) is 15.1. The van der Waals surface area contributed by atoms with E-state index in [0.29, 0.717) is 21.3 Å². The number of carboxylic acid groups (broad SMARTS) is 1. The Balaban J connectivity index is 2.35. The van der Waals surface area contributed by atoms with Gasteiger partial charge in [0.05, 0.1) is 5.02 Å². The second kappa shape index (κ2) is 5.99. The summed E-state index contributed by atoms with van der Waals surface area (Å²) in [7, 11) is 0. The van der Waals surface area contributed by atoms with E-state index in [9.17, 15) is 9.59 Å². The first-order valence-corrected chi connectivity index (χ1v) is 7.42. The lowest BCUT2D eigenvalue weighted by molar-refractivity contribution is -0.139. The maximum atomic E-state index is 12.1. The van der Waals surface area contributed by atoms with E-state index < -0.39 is 17.9 Å². The van der Waals surface area contributed by atoms with E-state index in [2.05, 4.69) is 5.32 Å². The number of carbonyl (C=O) groups excluding carboxylic acids is 1. The number of hydrogen-bond donors (Lipinski definition) is 2. The number of fused-ring (bicyclic) bond motifs is 1. The predicted molar refractivity (Wildman–Crippen MR) is 81.0 cm³/mol. The van der Waals surface area contributed by atoms with E-state index in [0.717, 1.165) is 10.1 Å². The maximum Gasteiger partial charge on any atom is 0.326 e. The minimum Gasteiger partial charge on any atom is -0.480 e. The Bertz CT molecular complexity index is 684. The molecule has 4 nitrogen and oxygen atoms in total. The molecule has 0 saturated carbocycles. The highest BCUT2D eigenvalue weighted by Gasteiger charge is 2.22. The fourth-order valence-electron chi connectivity index (χ4n) is 1.75. The highest BCUT2D eigenvalue weighted by molar-refractivity contribution is 7.21. The van der Waals surface area contributed by atoms with Gasteiger partial charge < -0.3 is 10.4 Å². The number of amides is 1. The molecule has 2 aromatic rings. The molecule has 0 aliphatic heterocycles. The first-order chi connectivity index (χ1) is 9.43. The Morgan fingerprint density at radius 1 is 1.40 bits per heavy atom. The lowest BCUT2D eigenvalue weighted by Crippen LogP contribution is -2.40. The lowest BCUT2D eigenvalue weighted by atomic mass is 10.2. The second-order valence-corrected chi connectivity index (χ2v) is 6.02. The van der Waals surface area contributed by atoms with Crippen molar-refractivity contribution in [3.63, 3.8) is 0 Å². The van der Waals surface area contributed by atoms with Gasteiger partial charge in [-0.3, -0.25) is 4.79 Å². The van der Waals surface area contributed by atoms with Crippen LogP contribution in [-0.4, -0.2) is 23.0 Å². The van der Waals surface area contributed by atoms with Crippen LogP contribution in [-0.2, 0) is 4.79 Å². The van der Waals surface area contributed by atoms with Gasteiger partial charge in [0, 0.05) is 15.1 Å². The maximum absolute atomic E-state index is 12.1. The van der Waals surface area contributed by atoms with Crippen molar-refractivity contribution in [1.29, 1.82) is 0 Å². The van der Waals surface area contributed by atoms with Crippen LogP contribution in [0.4, 0.5) is 0 Å². The average Bonchev–Trinajstić information content (AvgIpc) is 2.72. The van der Waals surface area contributed by atoms with Gasteiger partial charge in [0.15, 0.2) is 0 Å². The van der Waals surface area contributed by atoms with Crippen LogP contribution in [0.3, 0.4) is 0 Å². The smallest absolute Gasteiger partial charge is 0.326 e. The predicted octanol–water partition coefficient (Wildman–Crippen LogP) is 3.80. The Morgan fingerprint density at radius 2 is 2.10 bits per heavy atom. The zero-order valence-electron chi connectivity index (χ0n) is 10.4. The summed E-state index contributed by atoms with van der Waals surface area (Å²) in [5.41, 5.74) is 0. The molecule has 106 valence electrons. The molecule has 0 fully saturated rings. The zero-order chi connectivity index (χ0) is 14.9. The summed E-state index contributed by atoms with van der Waals surface area (Å²) < 4.78 is 0.788. The van der Waals surface area contributed by atoms with Crippen molar-refractivity contribution < 1.29 is 14.7 Å². The number of carbonyl (C=O) groups is 2. The average molecular weight is 332 g/mol. The Labute approximate surface area is 129 Å². The molecule has 2 rings (SSSR count). The molecule has 0 aliphatic carbocycles. The Hall–Kier alpha value is -1.30. The molecule has 2 N–H and O–H groups in total. The van der Waals surface area contributed by atoms with E-state index in [-0.39, 0.29) is 0 Å². The summed E-state index contributed by atoms with van der Waals surface area (Å²) in [6.45, 7) is 1.69. The van der Waals surface area contributed by atoms with E-state index in [1.165, 1.54) is 11.3 Å². The van der Waals surface area contributed by atoms with Gasteiger partial charge in [0.1, 0.15) is 10.9 Å². The SMILES string of the molecule is CC[C@@H](NC(=O)c1sc2cc(Cl)ccc2c1Cl)C(=O)O. The van der Waals surface area contributed by atoms with Crippen LogP contribution in [0.5, 0.6) is 0 Å². The van der Waals surface area contributed by atoms with E-state index in [4.69, 9.17) is 28.3 Å². The number of hydrogen-bond acceptors (Lipinski definition) is 3. The molecule has 1 amide bonds. The third-order valence-electron chi connectivity index (χ3n) is 2.81. The van der Waals surface area contributed by atoms with E-state index in [1.54, 1.807) is 25.1 Å². The molecule has 0 spiro atoms. The van der Waals surface area contributed by atoms with Crippen LogP contribution in [0.15, 0.2) is 18.2 Å². The summed E-state index contributed by atoms with van der Waals surface area (Å²) in [5, 5.41) is 13.0. The fraction of sp³-hybridized carbons (Fsp3) is 0.231. The highest BCUT2D eigenvalue weighted by Crippen LogP contribution is 2.36. The van der Waals surface area contributed by atoms with Crippen LogP contribution in [0.1, 0.15) is 23.0 Å². The van der Waals surface area contributed by atoms with Crippen LogP contribution in [0.25, 0.3) is 10.1 Å².